The van der Waals surface area contributed by atoms with Crippen LogP contribution in [0.3, 0.4) is 0 Å². The van der Waals surface area contributed by atoms with Crippen LogP contribution >= 0.6 is 0 Å². The van der Waals surface area contributed by atoms with Gasteiger partial charge < -0.3 is 11.1 Å². The van der Waals surface area contributed by atoms with E-state index >= 15 is 0 Å². The largest absolute Gasteiger partial charge is 0.353 e. The van der Waals surface area contributed by atoms with Gasteiger partial charge in [-0.3, -0.25) is 4.79 Å². The molecule has 3 N–H and O–H groups in total. The third kappa shape index (κ3) is 3.41. The van der Waals surface area contributed by atoms with Crippen LogP contribution in [-0.2, 0) is 4.79 Å². The number of rotatable bonds is 4. The van der Waals surface area contributed by atoms with Crippen LogP contribution in [0.25, 0.3) is 0 Å². The first-order valence-electron chi connectivity index (χ1n) is 4.71. The normalized spacial score (nSPS) is 11.5. The maximum atomic E-state index is 11.5. The van der Waals surface area contributed by atoms with Crippen LogP contribution in [0.4, 0.5) is 0 Å². The monoisotopic (exact) mass is 203 g/mol. The van der Waals surface area contributed by atoms with E-state index in [4.69, 9.17) is 11.0 Å². The summed E-state index contributed by atoms with van der Waals surface area (Å²) in [5.74, 6) is -0.253. The number of carbonyl (C=O) groups is 1. The van der Waals surface area contributed by atoms with Gasteiger partial charge in [-0.15, -0.1) is 0 Å². The lowest BCUT2D eigenvalue weighted by molar-refractivity contribution is -0.122. The summed E-state index contributed by atoms with van der Waals surface area (Å²) in [5, 5.41) is 10.9. The highest BCUT2D eigenvalue weighted by Crippen LogP contribution is 2.08. The number of nitrogens with one attached hydrogen (secondary N) is 1. The Bertz CT molecular complexity index is 356. The van der Waals surface area contributed by atoms with Gasteiger partial charge in [-0.05, 0) is 5.56 Å². The van der Waals surface area contributed by atoms with Crippen molar-refractivity contribution in [2.45, 2.75) is 12.5 Å². The van der Waals surface area contributed by atoms with Crippen molar-refractivity contribution in [3.8, 4) is 6.07 Å². The van der Waals surface area contributed by atoms with E-state index in [2.05, 4.69) is 5.32 Å². The molecule has 1 amide bonds. The van der Waals surface area contributed by atoms with Crippen LogP contribution in [0.1, 0.15) is 18.0 Å². The van der Waals surface area contributed by atoms with Crippen molar-refractivity contribution in [2.24, 2.45) is 5.73 Å². The fraction of sp³-hybridized carbons (Fsp3) is 0.273. The number of nitrogens with zero attached hydrogens (tertiary/aromatic N) is 1. The summed E-state index contributed by atoms with van der Waals surface area (Å²) in [4.78, 5) is 11.5. The van der Waals surface area contributed by atoms with Gasteiger partial charge in [0.25, 0.3) is 0 Å². The van der Waals surface area contributed by atoms with E-state index in [1.165, 1.54) is 0 Å². The zero-order chi connectivity index (χ0) is 11.1. The van der Waals surface area contributed by atoms with Gasteiger partial charge >= 0.3 is 0 Å². The van der Waals surface area contributed by atoms with Crippen molar-refractivity contribution in [1.82, 2.24) is 5.32 Å². The first-order chi connectivity index (χ1) is 7.25. The average molecular weight is 203 g/mol. The molecule has 0 aliphatic rings. The molecule has 1 rings (SSSR count). The van der Waals surface area contributed by atoms with Crippen molar-refractivity contribution < 1.29 is 4.79 Å². The molecular formula is C11H13N3O. The molecule has 0 saturated heterocycles. The molecule has 0 aromatic heterocycles. The predicted molar refractivity (Wildman–Crippen MR) is 56.6 cm³/mol. The zero-order valence-electron chi connectivity index (χ0n) is 8.31. The molecule has 0 saturated carbocycles. The molecule has 1 aromatic carbocycles. The number of amides is 1. The van der Waals surface area contributed by atoms with Gasteiger partial charge in [-0.2, -0.15) is 5.26 Å². The molecule has 0 heterocycles. The first-order valence-corrected chi connectivity index (χ1v) is 4.71. The van der Waals surface area contributed by atoms with Crippen molar-refractivity contribution in [3.63, 3.8) is 0 Å². The lowest BCUT2D eigenvalue weighted by atomic mass is 10.1. The average Bonchev–Trinajstić information content (AvgIpc) is 2.29. The van der Waals surface area contributed by atoms with Crippen molar-refractivity contribution in [3.05, 3.63) is 35.9 Å². The number of nitrogens with two attached hydrogens (primary N) is 1. The third-order valence-electron chi connectivity index (χ3n) is 1.98. The highest BCUT2D eigenvalue weighted by atomic mass is 16.2. The Morgan fingerprint density at radius 2 is 2.13 bits per heavy atom. The van der Waals surface area contributed by atoms with E-state index in [1.807, 2.05) is 24.3 Å². The molecule has 78 valence electrons. The minimum absolute atomic E-state index is 0.253. The Kier molecular flexibility index (Phi) is 4.32. The summed E-state index contributed by atoms with van der Waals surface area (Å²) in [6.07, 6.45) is 0.299. The maximum absolute atomic E-state index is 11.5. The summed E-state index contributed by atoms with van der Waals surface area (Å²) in [6.45, 7) is 0.343. The standard InChI is InChI=1S/C11H13N3O/c12-7-4-8-14-11(15)10(13)9-5-2-1-3-6-9/h1-3,5-6,10H,4,8,13H2,(H,14,15)/t10-/m0/s1. The molecule has 0 spiro atoms. The van der Waals surface area contributed by atoms with Gasteiger partial charge in [0.15, 0.2) is 0 Å². The quantitative estimate of drug-likeness (QED) is 0.707. The zero-order valence-corrected chi connectivity index (χ0v) is 8.31. The van der Waals surface area contributed by atoms with Gasteiger partial charge in [-0.25, -0.2) is 0 Å². The van der Waals surface area contributed by atoms with Crippen molar-refractivity contribution in [1.29, 1.82) is 5.26 Å². The van der Waals surface area contributed by atoms with E-state index in [0.717, 1.165) is 5.56 Å². The second-order valence-electron chi connectivity index (χ2n) is 3.09. The molecule has 0 unspecified atom stereocenters. The fourth-order valence-electron chi connectivity index (χ4n) is 1.16. The summed E-state index contributed by atoms with van der Waals surface area (Å²) >= 11 is 0. The van der Waals surface area contributed by atoms with Crippen LogP contribution < -0.4 is 11.1 Å². The van der Waals surface area contributed by atoms with Crippen LogP contribution in [0.15, 0.2) is 30.3 Å². The molecule has 4 nitrogen and oxygen atoms in total. The number of carbonyl (C=O) groups excluding carboxylic acids is 1. The van der Waals surface area contributed by atoms with E-state index < -0.39 is 6.04 Å². The maximum Gasteiger partial charge on any atom is 0.241 e. The lowest BCUT2D eigenvalue weighted by Gasteiger charge is -2.11. The third-order valence-corrected chi connectivity index (χ3v) is 1.98. The lowest BCUT2D eigenvalue weighted by Crippen LogP contribution is -2.34. The Labute approximate surface area is 88.7 Å². The van der Waals surface area contributed by atoms with Crippen LogP contribution in [0, 0.1) is 11.3 Å². The summed E-state index contributed by atoms with van der Waals surface area (Å²) in [5.41, 5.74) is 6.50. The van der Waals surface area contributed by atoms with Gasteiger partial charge in [-0.1, -0.05) is 30.3 Å². The fourth-order valence-corrected chi connectivity index (χ4v) is 1.16. The Hall–Kier alpha value is -1.86. The highest BCUT2D eigenvalue weighted by Gasteiger charge is 2.13. The molecule has 15 heavy (non-hydrogen) atoms. The minimum atomic E-state index is -0.662. The van der Waals surface area contributed by atoms with Crippen molar-refractivity contribution >= 4 is 5.91 Å². The highest BCUT2D eigenvalue weighted by molar-refractivity contribution is 5.82. The smallest absolute Gasteiger partial charge is 0.241 e. The van der Waals surface area contributed by atoms with Gasteiger partial charge in [0.1, 0.15) is 6.04 Å². The molecule has 0 bridgehead atoms. The first kappa shape index (κ1) is 11.2. The summed E-state index contributed by atoms with van der Waals surface area (Å²) in [7, 11) is 0. The summed E-state index contributed by atoms with van der Waals surface area (Å²) < 4.78 is 0. The molecule has 0 fully saturated rings. The van der Waals surface area contributed by atoms with Crippen LogP contribution in [-0.4, -0.2) is 12.5 Å². The predicted octanol–water partition coefficient (Wildman–Crippen LogP) is 0.716. The van der Waals surface area contributed by atoms with E-state index in [-0.39, 0.29) is 5.91 Å². The molecule has 1 atom stereocenters. The molecule has 0 aliphatic carbocycles. The van der Waals surface area contributed by atoms with Gasteiger partial charge in [0.05, 0.1) is 12.5 Å². The SMILES string of the molecule is N#CCCNC(=O)[C@@H](N)c1ccccc1. The van der Waals surface area contributed by atoms with E-state index in [9.17, 15) is 4.79 Å². The molecule has 4 heteroatoms. The minimum Gasteiger partial charge on any atom is -0.353 e. The molecule has 0 aliphatic heterocycles. The van der Waals surface area contributed by atoms with Crippen LogP contribution in [0.5, 0.6) is 0 Å². The van der Waals surface area contributed by atoms with E-state index in [0.29, 0.717) is 13.0 Å². The van der Waals surface area contributed by atoms with Crippen molar-refractivity contribution in [2.75, 3.05) is 6.54 Å². The number of benzene rings is 1. The molecule has 1 aromatic rings. The van der Waals surface area contributed by atoms with Crippen LogP contribution in [0.2, 0.25) is 0 Å². The molecular weight excluding hydrogens is 190 g/mol. The number of hydrogen-bond acceptors (Lipinski definition) is 3. The Morgan fingerprint density at radius 3 is 2.73 bits per heavy atom. The van der Waals surface area contributed by atoms with Gasteiger partial charge in [0, 0.05) is 6.54 Å². The number of nitriles is 1. The second-order valence-corrected chi connectivity index (χ2v) is 3.09. The molecule has 0 radical (unpaired) electrons. The second kappa shape index (κ2) is 5.78. The Morgan fingerprint density at radius 1 is 1.47 bits per heavy atom. The Balaban J connectivity index is 2.51. The van der Waals surface area contributed by atoms with E-state index in [1.54, 1.807) is 12.1 Å². The number of hydrogen-bond donors (Lipinski definition) is 2. The van der Waals surface area contributed by atoms with Gasteiger partial charge in [0.2, 0.25) is 5.91 Å². The summed E-state index contributed by atoms with van der Waals surface area (Å²) in [6, 6.07) is 10.4. The topological polar surface area (TPSA) is 78.9 Å².